The lowest BCUT2D eigenvalue weighted by Gasteiger charge is -2.14. The fourth-order valence-corrected chi connectivity index (χ4v) is 9.41. The number of benzene rings is 8. The lowest BCUT2D eigenvalue weighted by atomic mass is 9.95. The summed E-state index contributed by atoms with van der Waals surface area (Å²) < 4.78 is 4.94. The number of hydrogen-bond donors (Lipinski definition) is 0. The van der Waals surface area contributed by atoms with Crippen molar-refractivity contribution in [1.29, 1.82) is 0 Å². The zero-order valence-electron chi connectivity index (χ0n) is 30.3. The van der Waals surface area contributed by atoms with Crippen LogP contribution in [0.15, 0.2) is 200 Å². The van der Waals surface area contributed by atoms with Gasteiger partial charge in [0.15, 0.2) is 5.82 Å². The number of fused-ring (bicyclic) bond motifs is 6. The third-order valence-corrected chi connectivity index (χ3v) is 12.0. The molecule has 11 rings (SSSR count). The summed E-state index contributed by atoms with van der Waals surface area (Å²) in [6.07, 6.45) is 0. The normalized spacial score (nSPS) is 11.6. The van der Waals surface area contributed by atoms with Crippen LogP contribution in [-0.2, 0) is 0 Å². The molecule has 262 valence electrons. The summed E-state index contributed by atoms with van der Waals surface area (Å²) in [6, 6.07) is 71.4. The van der Waals surface area contributed by atoms with Gasteiger partial charge >= 0.3 is 0 Å². The van der Waals surface area contributed by atoms with Crippen molar-refractivity contribution in [2.45, 2.75) is 0 Å². The van der Waals surface area contributed by atoms with Crippen LogP contribution in [-0.4, -0.2) is 14.5 Å². The minimum Gasteiger partial charge on any atom is -0.309 e. The van der Waals surface area contributed by atoms with Crippen LogP contribution in [0.1, 0.15) is 0 Å². The van der Waals surface area contributed by atoms with Crippen LogP contribution in [0.25, 0.3) is 104 Å². The van der Waals surface area contributed by atoms with Crippen LogP contribution in [0, 0.1) is 0 Å². The van der Waals surface area contributed by atoms with Gasteiger partial charge in [-0.3, -0.25) is 0 Å². The van der Waals surface area contributed by atoms with E-state index in [2.05, 4.69) is 193 Å². The quantitative estimate of drug-likeness (QED) is 0.170. The van der Waals surface area contributed by atoms with Crippen LogP contribution in [0.5, 0.6) is 0 Å². The average Bonchev–Trinajstić information content (AvgIpc) is 3.83. The number of nitrogens with zero attached hydrogens (tertiary/aromatic N) is 3. The molecular weight excluding hydrogens is 699 g/mol. The Hall–Kier alpha value is -7.14. The third kappa shape index (κ3) is 5.42. The molecule has 3 heterocycles. The van der Waals surface area contributed by atoms with Crippen LogP contribution in [0.4, 0.5) is 0 Å². The maximum Gasteiger partial charge on any atom is 0.160 e. The van der Waals surface area contributed by atoms with Gasteiger partial charge in [0.2, 0.25) is 0 Å². The smallest absolute Gasteiger partial charge is 0.160 e. The van der Waals surface area contributed by atoms with E-state index in [0.29, 0.717) is 5.82 Å². The lowest BCUT2D eigenvalue weighted by molar-refractivity contribution is 1.17. The molecule has 0 bridgehead atoms. The van der Waals surface area contributed by atoms with Crippen LogP contribution in [0.2, 0.25) is 0 Å². The largest absolute Gasteiger partial charge is 0.309 e. The molecule has 8 aromatic carbocycles. The molecule has 0 spiro atoms. The van der Waals surface area contributed by atoms with Crippen molar-refractivity contribution in [3.8, 4) is 61.8 Å². The molecule has 11 aromatic rings. The summed E-state index contributed by atoms with van der Waals surface area (Å²) in [5, 5.41) is 4.96. The van der Waals surface area contributed by atoms with Crippen molar-refractivity contribution < 1.29 is 0 Å². The first-order valence-electron chi connectivity index (χ1n) is 18.9. The van der Waals surface area contributed by atoms with E-state index in [1.165, 1.54) is 53.2 Å². The van der Waals surface area contributed by atoms with Gasteiger partial charge in [-0.25, -0.2) is 9.97 Å². The molecule has 56 heavy (non-hydrogen) atoms. The highest BCUT2D eigenvalue weighted by Crippen LogP contribution is 2.46. The number of hydrogen-bond acceptors (Lipinski definition) is 3. The number of aromatic nitrogens is 3. The summed E-state index contributed by atoms with van der Waals surface area (Å²) in [4.78, 5) is 10.6. The maximum atomic E-state index is 5.32. The van der Waals surface area contributed by atoms with Gasteiger partial charge in [0.25, 0.3) is 0 Å². The average molecular weight is 732 g/mol. The molecule has 0 saturated heterocycles. The summed E-state index contributed by atoms with van der Waals surface area (Å²) in [5.74, 6) is 0.689. The first-order chi connectivity index (χ1) is 27.8. The van der Waals surface area contributed by atoms with Gasteiger partial charge in [0.05, 0.1) is 22.4 Å². The molecule has 0 unspecified atom stereocenters. The third-order valence-electron chi connectivity index (χ3n) is 10.8. The second-order valence-corrected chi connectivity index (χ2v) is 15.2. The Morgan fingerprint density at radius 3 is 1.68 bits per heavy atom. The Balaban J connectivity index is 1.23. The first kappa shape index (κ1) is 32.3. The van der Waals surface area contributed by atoms with E-state index in [0.717, 1.165) is 44.8 Å². The lowest BCUT2D eigenvalue weighted by Crippen LogP contribution is -1.98. The van der Waals surface area contributed by atoms with Crippen molar-refractivity contribution in [2.24, 2.45) is 0 Å². The molecule has 0 radical (unpaired) electrons. The van der Waals surface area contributed by atoms with Gasteiger partial charge in [-0.15, -0.1) is 11.3 Å². The fourth-order valence-electron chi connectivity index (χ4n) is 8.20. The highest BCUT2D eigenvalue weighted by atomic mass is 32.1. The van der Waals surface area contributed by atoms with Gasteiger partial charge < -0.3 is 4.57 Å². The molecule has 0 amide bonds. The van der Waals surface area contributed by atoms with Gasteiger partial charge in [-0.1, -0.05) is 152 Å². The maximum absolute atomic E-state index is 5.32. The highest BCUT2D eigenvalue weighted by Gasteiger charge is 2.22. The van der Waals surface area contributed by atoms with E-state index < -0.39 is 0 Å². The molecule has 3 aromatic heterocycles. The molecule has 0 aliphatic heterocycles. The highest BCUT2D eigenvalue weighted by molar-refractivity contribution is 7.26. The number of para-hydroxylation sites is 2. The minimum atomic E-state index is 0.689. The second-order valence-electron chi connectivity index (χ2n) is 14.2. The van der Waals surface area contributed by atoms with Gasteiger partial charge in [0, 0.05) is 58.9 Å². The predicted octanol–water partition coefficient (Wildman–Crippen LogP) is 14.3. The van der Waals surface area contributed by atoms with Gasteiger partial charge in [-0.05, 0) is 65.2 Å². The molecule has 0 aliphatic rings. The molecule has 0 N–H and O–H groups in total. The fraction of sp³-hybridized carbons (Fsp3) is 0. The number of thiophene rings is 1. The van der Waals surface area contributed by atoms with Crippen molar-refractivity contribution in [1.82, 2.24) is 14.5 Å². The van der Waals surface area contributed by atoms with Crippen molar-refractivity contribution >= 4 is 53.3 Å². The van der Waals surface area contributed by atoms with E-state index in [4.69, 9.17) is 9.97 Å². The van der Waals surface area contributed by atoms with Crippen molar-refractivity contribution in [3.05, 3.63) is 200 Å². The summed E-state index contributed by atoms with van der Waals surface area (Å²) in [5.41, 5.74) is 13.1. The molecule has 0 fully saturated rings. The second kappa shape index (κ2) is 13.3. The predicted molar refractivity (Wildman–Crippen MR) is 236 cm³/mol. The van der Waals surface area contributed by atoms with Crippen molar-refractivity contribution in [3.63, 3.8) is 0 Å². The Morgan fingerprint density at radius 1 is 0.375 bits per heavy atom. The summed E-state index contributed by atoms with van der Waals surface area (Å²) in [6.45, 7) is 0. The van der Waals surface area contributed by atoms with Gasteiger partial charge in [-0.2, -0.15) is 0 Å². The standard InChI is InChI=1S/C52H33N3S/c1-5-16-34(17-6-1)37-28-29-49-43(30-37)40-25-15-26-41(51(40)56-49)44-31-38(32-48-50(44)42-24-13-14-27-47(42)55(48)39-22-11-4-12-23-39)52-53-45(35-18-7-2-8-19-35)33-46(54-52)36-20-9-3-10-21-36/h1-33H. The van der Waals surface area contributed by atoms with E-state index in [9.17, 15) is 0 Å². The molecule has 4 heteroatoms. The van der Waals surface area contributed by atoms with Gasteiger partial charge in [0.1, 0.15) is 0 Å². The van der Waals surface area contributed by atoms with Crippen LogP contribution in [0.3, 0.4) is 0 Å². The van der Waals surface area contributed by atoms with Crippen LogP contribution >= 0.6 is 11.3 Å². The Bertz CT molecular complexity index is 3160. The molecule has 3 nitrogen and oxygen atoms in total. The summed E-state index contributed by atoms with van der Waals surface area (Å²) >= 11 is 1.87. The zero-order chi connectivity index (χ0) is 37.0. The number of rotatable bonds is 6. The summed E-state index contributed by atoms with van der Waals surface area (Å²) in [7, 11) is 0. The molecule has 0 atom stereocenters. The van der Waals surface area contributed by atoms with E-state index in [1.807, 2.05) is 23.5 Å². The van der Waals surface area contributed by atoms with E-state index in [1.54, 1.807) is 0 Å². The Kier molecular flexibility index (Phi) is 7.68. The topological polar surface area (TPSA) is 30.7 Å². The van der Waals surface area contributed by atoms with E-state index >= 15 is 0 Å². The first-order valence-corrected chi connectivity index (χ1v) is 19.7. The minimum absolute atomic E-state index is 0.689. The Labute approximate surface area is 328 Å². The SMILES string of the molecule is c1ccc(-c2ccc3sc4c(-c5cc(-c6nc(-c7ccccc7)cc(-c7ccccc7)n6)cc6c5c5ccccc5n6-c5ccccc5)cccc4c3c2)cc1. The Morgan fingerprint density at radius 2 is 0.982 bits per heavy atom. The van der Waals surface area contributed by atoms with Crippen LogP contribution < -0.4 is 0 Å². The monoisotopic (exact) mass is 731 g/mol. The van der Waals surface area contributed by atoms with Crippen molar-refractivity contribution in [2.75, 3.05) is 0 Å². The molecule has 0 aliphatic carbocycles. The molecular formula is C52H33N3S. The molecule has 0 saturated carbocycles. The van der Waals surface area contributed by atoms with E-state index in [-0.39, 0.29) is 0 Å². The zero-order valence-corrected chi connectivity index (χ0v) is 31.1.